The Hall–Kier alpha value is -1.58. The molecule has 0 aliphatic carbocycles. The molecule has 0 aliphatic rings. The third kappa shape index (κ3) is 3.60. The standard InChI is InChI=1S/C18H30N4/c1-12(2)17-10-15(6)19-21(17)9-8-14(5)18-11-16(7)20-22(18)13(3)4/h10-14H,8-9H2,1-7H3. The maximum Gasteiger partial charge on any atom is 0.0596 e. The number of aryl methyl sites for hydroxylation is 3. The molecular weight excluding hydrogens is 272 g/mol. The summed E-state index contributed by atoms with van der Waals surface area (Å²) in [6, 6.07) is 4.84. The van der Waals surface area contributed by atoms with Crippen LogP contribution in [0.25, 0.3) is 0 Å². The molecule has 2 aromatic heterocycles. The number of aromatic nitrogens is 4. The second-order valence-electron chi connectivity index (χ2n) is 7.03. The van der Waals surface area contributed by atoms with E-state index in [1.165, 1.54) is 11.4 Å². The lowest BCUT2D eigenvalue weighted by Gasteiger charge is -2.17. The van der Waals surface area contributed by atoms with Crippen LogP contribution in [0, 0.1) is 13.8 Å². The lowest BCUT2D eigenvalue weighted by molar-refractivity contribution is 0.453. The Morgan fingerprint density at radius 2 is 1.50 bits per heavy atom. The van der Waals surface area contributed by atoms with Crippen molar-refractivity contribution in [3.63, 3.8) is 0 Å². The van der Waals surface area contributed by atoms with Crippen LogP contribution in [-0.4, -0.2) is 19.6 Å². The molecule has 4 heteroatoms. The van der Waals surface area contributed by atoms with Crippen molar-refractivity contribution >= 4 is 0 Å². The summed E-state index contributed by atoms with van der Waals surface area (Å²) in [5.74, 6) is 0.994. The summed E-state index contributed by atoms with van der Waals surface area (Å²) in [4.78, 5) is 0. The molecule has 2 rings (SSSR count). The third-order valence-electron chi connectivity index (χ3n) is 4.18. The zero-order chi connectivity index (χ0) is 16.4. The van der Waals surface area contributed by atoms with Gasteiger partial charge >= 0.3 is 0 Å². The molecule has 4 nitrogen and oxygen atoms in total. The fourth-order valence-corrected chi connectivity index (χ4v) is 2.99. The Morgan fingerprint density at radius 1 is 0.909 bits per heavy atom. The summed E-state index contributed by atoms with van der Waals surface area (Å²) in [6.45, 7) is 16.2. The highest BCUT2D eigenvalue weighted by Gasteiger charge is 2.16. The molecular formula is C18H30N4. The van der Waals surface area contributed by atoms with Crippen LogP contribution in [0.4, 0.5) is 0 Å². The molecule has 0 fully saturated rings. The van der Waals surface area contributed by atoms with Crippen LogP contribution in [0.1, 0.15) is 81.7 Å². The largest absolute Gasteiger partial charge is 0.269 e. The van der Waals surface area contributed by atoms with Crippen molar-refractivity contribution in [3.8, 4) is 0 Å². The van der Waals surface area contributed by atoms with E-state index in [0.29, 0.717) is 17.9 Å². The van der Waals surface area contributed by atoms with Crippen molar-refractivity contribution in [2.45, 2.75) is 79.3 Å². The van der Waals surface area contributed by atoms with Crippen molar-refractivity contribution in [3.05, 3.63) is 34.9 Å². The van der Waals surface area contributed by atoms with Crippen LogP contribution in [-0.2, 0) is 6.54 Å². The molecule has 0 spiro atoms. The van der Waals surface area contributed by atoms with Gasteiger partial charge in [-0.25, -0.2) is 0 Å². The zero-order valence-electron chi connectivity index (χ0n) is 15.1. The number of nitrogens with zero attached hydrogens (tertiary/aromatic N) is 4. The van der Waals surface area contributed by atoms with Gasteiger partial charge in [0.1, 0.15) is 0 Å². The highest BCUT2D eigenvalue weighted by atomic mass is 15.3. The molecule has 0 saturated carbocycles. The first-order chi connectivity index (χ1) is 10.3. The first-order valence-electron chi connectivity index (χ1n) is 8.40. The van der Waals surface area contributed by atoms with Crippen LogP contribution in [0.2, 0.25) is 0 Å². The van der Waals surface area contributed by atoms with Crippen molar-refractivity contribution in [1.82, 2.24) is 19.6 Å². The van der Waals surface area contributed by atoms with E-state index in [2.05, 4.69) is 80.2 Å². The molecule has 0 radical (unpaired) electrons. The molecule has 0 aliphatic heterocycles. The van der Waals surface area contributed by atoms with E-state index in [4.69, 9.17) is 0 Å². The summed E-state index contributed by atoms with van der Waals surface area (Å²) in [5, 5.41) is 9.28. The van der Waals surface area contributed by atoms with Gasteiger partial charge in [0, 0.05) is 24.0 Å². The summed E-state index contributed by atoms with van der Waals surface area (Å²) in [5.41, 5.74) is 4.88. The molecule has 1 atom stereocenters. The van der Waals surface area contributed by atoms with Crippen molar-refractivity contribution in [2.75, 3.05) is 0 Å². The van der Waals surface area contributed by atoms with Gasteiger partial charge < -0.3 is 0 Å². The SMILES string of the molecule is Cc1cc(C(C)C)n(CCC(C)c2cc(C)nn2C(C)C)n1. The minimum atomic E-state index is 0.407. The Kier molecular flexibility index (Phi) is 5.09. The molecule has 0 aromatic carbocycles. The molecule has 2 heterocycles. The fraction of sp³-hybridized carbons (Fsp3) is 0.667. The normalized spacial score (nSPS) is 13.3. The van der Waals surface area contributed by atoms with Crippen molar-refractivity contribution in [1.29, 1.82) is 0 Å². The van der Waals surface area contributed by atoms with Gasteiger partial charge in [-0.3, -0.25) is 9.36 Å². The molecule has 122 valence electrons. The van der Waals surface area contributed by atoms with Gasteiger partial charge in [-0.2, -0.15) is 10.2 Å². The highest BCUT2D eigenvalue weighted by molar-refractivity contribution is 5.15. The predicted octanol–water partition coefficient (Wildman–Crippen LogP) is 4.59. The molecule has 0 saturated heterocycles. The Balaban J connectivity index is 2.12. The molecule has 1 unspecified atom stereocenters. The monoisotopic (exact) mass is 302 g/mol. The van der Waals surface area contributed by atoms with Gasteiger partial charge in [-0.15, -0.1) is 0 Å². The van der Waals surface area contributed by atoms with E-state index in [1.54, 1.807) is 0 Å². The number of hydrogen-bond acceptors (Lipinski definition) is 2. The number of hydrogen-bond donors (Lipinski definition) is 0. The summed E-state index contributed by atoms with van der Waals surface area (Å²) < 4.78 is 4.34. The van der Waals surface area contributed by atoms with Gasteiger partial charge in [0.15, 0.2) is 0 Å². The summed E-state index contributed by atoms with van der Waals surface area (Å²) >= 11 is 0. The lowest BCUT2D eigenvalue weighted by Crippen LogP contribution is -2.13. The fourth-order valence-electron chi connectivity index (χ4n) is 2.99. The topological polar surface area (TPSA) is 35.6 Å². The smallest absolute Gasteiger partial charge is 0.0596 e. The lowest BCUT2D eigenvalue weighted by atomic mass is 10.0. The van der Waals surface area contributed by atoms with Crippen LogP contribution in [0.3, 0.4) is 0 Å². The van der Waals surface area contributed by atoms with Crippen LogP contribution < -0.4 is 0 Å². The van der Waals surface area contributed by atoms with Gasteiger partial charge in [-0.05, 0) is 58.1 Å². The van der Waals surface area contributed by atoms with E-state index in [-0.39, 0.29) is 0 Å². The van der Waals surface area contributed by atoms with Gasteiger partial charge in [-0.1, -0.05) is 20.8 Å². The van der Waals surface area contributed by atoms with E-state index >= 15 is 0 Å². The predicted molar refractivity (Wildman–Crippen MR) is 91.4 cm³/mol. The van der Waals surface area contributed by atoms with E-state index in [9.17, 15) is 0 Å². The van der Waals surface area contributed by atoms with Crippen molar-refractivity contribution < 1.29 is 0 Å². The van der Waals surface area contributed by atoms with E-state index < -0.39 is 0 Å². The molecule has 0 amide bonds. The van der Waals surface area contributed by atoms with Crippen LogP contribution >= 0.6 is 0 Å². The van der Waals surface area contributed by atoms with E-state index in [1.807, 2.05) is 0 Å². The second kappa shape index (κ2) is 6.67. The average Bonchev–Trinajstić information content (AvgIpc) is 2.99. The highest BCUT2D eigenvalue weighted by Crippen LogP contribution is 2.24. The molecule has 2 aromatic rings. The summed E-state index contributed by atoms with van der Waals surface area (Å²) in [7, 11) is 0. The average molecular weight is 302 g/mol. The minimum Gasteiger partial charge on any atom is -0.269 e. The van der Waals surface area contributed by atoms with Gasteiger partial charge in [0.2, 0.25) is 0 Å². The first-order valence-corrected chi connectivity index (χ1v) is 8.40. The molecule has 0 N–H and O–H groups in total. The Labute approximate surface area is 134 Å². The quantitative estimate of drug-likeness (QED) is 0.782. The van der Waals surface area contributed by atoms with Crippen molar-refractivity contribution in [2.24, 2.45) is 0 Å². The minimum absolute atomic E-state index is 0.407. The maximum atomic E-state index is 4.65. The van der Waals surface area contributed by atoms with Crippen LogP contribution in [0.5, 0.6) is 0 Å². The first kappa shape index (κ1) is 16.8. The van der Waals surface area contributed by atoms with E-state index in [0.717, 1.165) is 24.4 Å². The Bertz CT molecular complexity index is 619. The Morgan fingerprint density at radius 3 is 2.09 bits per heavy atom. The van der Waals surface area contributed by atoms with Crippen LogP contribution in [0.15, 0.2) is 12.1 Å². The summed E-state index contributed by atoms with van der Waals surface area (Å²) in [6.07, 6.45) is 1.08. The zero-order valence-corrected chi connectivity index (χ0v) is 15.1. The number of rotatable bonds is 6. The molecule has 0 bridgehead atoms. The molecule has 22 heavy (non-hydrogen) atoms. The maximum absolute atomic E-state index is 4.65. The van der Waals surface area contributed by atoms with Gasteiger partial charge in [0.05, 0.1) is 11.4 Å². The third-order valence-corrected chi connectivity index (χ3v) is 4.18. The van der Waals surface area contributed by atoms with Gasteiger partial charge in [0.25, 0.3) is 0 Å². The second-order valence-corrected chi connectivity index (χ2v) is 7.03.